The fourth-order valence-corrected chi connectivity index (χ4v) is 3.06. The number of morpholine rings is 1. The standard InChI is InChI=1S/C16H30N2O2/c1-5-18-13-16(20-12-14(18)19)7-10-17(11-8-16)9-6-15(2,3)4/h5-13H2,1-4H3. The number of amides is 1. The van der Waals surface area contributed by atoms with Crippen molar-refractivity contribution >= 4 is 5.91 Å². The van der Waals surface area contributed by atoms with Gasteiger partial charge in [-0.1, -0.05) is 20.8 Å². The van der Waals surface area contributed by atoms with E-state index in [-0.39, 0.29) is 18.1 Å². The highest BCUT2D eigenvalue weighted by molar-refractivity contribution is 5.78. The van der Waals surface area contributed by atoms with E-state index in [0.717, 1.165) is 39.0 Å². The summed E-state index contributed by atoms with van der Waals surface area (Å²) in [4.78, 5) is 16.2. The molecule has 0 N–H and O–H groups in total. The highest BCUT2D eigenvalue weighted by Gasteiger charge is 2.41. The average Bonchev–Trinajstić information content (AvgIpc) is 2.40. The number of hydrogen-bond acceptors (Lipinski definition) is 3. The van der Waals surface area contributed by atoms with Gasteiger partial charge in [0, 0.05) is 26.2 Å². The molecule has 0 radical (unpaired) electrons. The number of carbonyl (C=O) groups excluding carboxylic acids is 1. The molecule has 1 spiro atoms. The van der Waals surface area contributed by atoms with Gasteiger partial charge in [0.2, 0.25) is 5.91 Å². The van der Waals surface area contributed by atoms with E-state index in [0.29, 0.717) is 5.41 Å². The van der Waals surface area contributed by atoms with Crippen molar-refractivity contribution < 1.29 is 9.53 Å². The lowest BCUT2D eigenvalue weighted by Crippen LogP contribution is -2.58. The Balaban J connectivity index is 1.83. The van der Waals surface area contributed by atoms with Crippen LogP contribution >= 0.6 is 0 Å². The molecule has 0 atom stereocenters. The van der Waals surface area contributed by atoms with Gasteiger partial charge in [-0.25, -0.2) is 0 Å². The number of hydrogen-bond donors (Lipinski definition) is 0. The summed E-state index contributed by atoms with van der Waals surface area (Å²) < 4.78 is 5.93. The van der Waals surface area contributed by atoms with E-state index in [1.165, 1.54) is 13.0 Å². The van der Waals surface area contributed by atoms with Gasteiger partial charge in [-0.05, 0) is 38.1 Å². The van der Waals surface area contributed by atoms with Crippen molar-refractivity contribution in [1.29, 1.82) is 0 Å². The summed E-state index contributed by atoms with van der Waals surface area (Å²) in [6.45, 7) is 14.2. The molecule has 0 aliphatic carbocycles. The van der Waals surface area contributed by atoms with E-state index in [4.69, 9.17) is 4.74 Å². The maximum atomic E-state index is 11.7. The summed E-state index contributed by atoms with van der Waals surface area (Å²) >= 11 is 0. The number of likely N-dealkylation sites (tertiary alicyclic amines) is 1. The minimum atomic E-state index is -0.0673. The molecule has 2 saturated heterocycles. The van der Waals surface area contributed by atoms with Gasteiger partial charge in [0.1, 0.15) is 6.61 Å². The van der Waals surface area contributed by atoms with E-state index < -0.39 is 0 Å². The maximum absolute atomic E-state index is 11.7. The van der Waals surface area contributed by atoms with Gasteiger partial charge in [-0.2, -0.15) is 0 Å². The summed E-state index contributed by atoms with van der Waals surface area (Å²) in [5.41, 5.74) is 0.337. The molecule has 2 rings (SSSR count). The van der Waals surface area contributed by atoms with Crippen LogP contribution in [0.3, 0.4) is 0 Å². The molecule has 0 bridgehead atoms. The van der Waals surface area contributed by atoms with Crippen LogP contribution in [0.25, 0.3) is 0 Å². The molecular weight excluding hydrogens is 252 g/mol. The van der Waals surface area contributed by atoms with E-state index in [2.05, 4.69) is 32.6 Å². The molecule has 0 aromatic carbocycles. The number of carbonyl (C=O) groups is 1. The molecule has 0 saturated carbocycles. The molecule has 0 aromatic rings. The van der Waals surface area contributed by atoms with Crippen molar-refractivity contribution in [2.75, 3.05) is 39.3 Å². The Morgan fingerprint density at radius 2 is 1.90 bits per heavy atom. The van der Waals surface area contributed by atoms with Gasteiger partial charge < -0.3 is 14.5 Å². The number of likely N-dealkylation sites (N-methyl/N-ethyl adjacent to an activating group) is 1. The van der Waals surface area contributed by atoms with Crippen LogP contribution in [0.5, 0.6) is 0 Å². The third-order valence-electron chi connectivity index (χ3n) is 4.66. The van der Waals surface area contributed by atoms with E-state index in [1.54, 1.807) is 0 Å². The number of piperidine rings is 1. The van der Waals surface area contributed by atoms with Crippen LogP contribution in [-0.2, 0) is 9.53 Å². The van der Waals surface area contributed by atoms with Gasteiger partial charge in [0.15, 0.2) is 0 Å². The van der Waals surface area contributed by atoms with Crippen LogP contribution in [-0.4, -0.2) is 60.6 Å². The normalized spacial score (nSPS) is 24.4. The van der Waals surface area contributed by atoms with Crippen LogP contribution in [0.4, 0.5) is 0 Å². The molecule has 4 heteroatoms. The second kappa shape index (κ2) is 6.02. The molecule has 2 fully saturated rings. The van der Waals surface area contributed by atoms with Crippen LogP contribution in [0.1, 0.15) is 47.0 Å². The summed E-state index contributed by atoms with van der Waals surface area (Å²) in [5.74, 6) is 0.147. The summed E-state index contributed by atoms with van der Waals surface area (Å²) in [6.07, 6.45) is 3.35. The Morgan fingerprint density at radius 1 is 1.25 bits per heavy atom. The zero-order valence-corrected chi connectivity index (χ0v) is 13.6. The third kappa shape index (κ3) is 3.95. The number of rotatable bonds is 3. The summed E-state index contributed by atoms with van der Waals surface area (Å²) in [6, 6.07) is 0. The molecule has 20 heavy (non-hydrogen) atoms. The Morgan fingerprint density at radius 3 is 2.45 bits per heavy atom. The van der Waals surface area contributed by atoms with Crippen molar-refractivity contribution in [3.05, 3.63) is 0 Å². The van der Waals surface area contributed by atoms with Gasteiger partial charge in [-0.15, -0.1) is 0 Å². The predicted octanol–water partition coefficient (Wildman–Crippen LogP) is 2.14. The summed E-state index contributed by atoms with van der Waals surface area (Å²) in [7, 11) is 0. The van der Waals surface area contributed by atoms with E-state index >= 15 is 0 Å². The minimum absolute atomic E-state index is 0.0673. The van der Waals surface area contributed by atoms with Gasteiger partial charge in [-0.3, -0.25) is 4.79 Å². The lowest BCUT2D eigenvalue weighted by molar-refractivity contribution is -0.171. The number of nitrogens with zero attached hydrogens (tertiary/aromatic N) is 2. The monoisotopic (exact) mass is 282 g/mol. The third-order valence-corrected chi connectivity index (χ3v) is 4.66. The first-order valence-corrected chi connectivity index (χ1v) is 7.98. The lowest BCUT2D eigenvalue weighted by Gasteiger charge is -2.47. The zero-order valence-electron chi connectivity index (χ0n) is 13.6. The smallest absolute Gasteiger partial charge is 0.248 e. The molecule has 2 aliphatic rings. The fourth-order valence-electron chi connectivity index (χ4n) is 3.06. The fraction of sp³-hybridized carbons (Fsp3) is 0.938. The first-order valence-electron chi connectivity index (χ1n) is 7.98. The van der Waals surface area contributed by atoms with Crippen LogP contribution in [0.15, 0.2) is 0 Å². The summed E-state index contributed by atoms with van der Waals surface area (Å²) in [5, 5.41) is 0. The molecule has 0 unspecified atom stereocenters. The lowest BCUT2D eigenvalue weighted by atomic mass is 9.87. The van der Waals surface area contributed by atoms with Crippen LogP contribution < -0.4 is 0 Å². The van der Waals surface area contributed by atoms with Crippen molar-refractivity contribution in [1.82, 2.24) is 9.80 Å². The maximum Gasteiger partial charge on any atom is 0.248 e. The van der Waals surface area contributed by atoms with Crippen molar-refractivity contribution in [3.8, 4) is 0 Å². The Hall–Kier alpha value is -0.610. The molecule has 0 aromatic heterocycles. The van der Waals surface area contributed by atoms with Crippen LogP contribution in [0, 0.1) is 5.41 Å². The van der Waals surface area contributed by atoms with Crippen molar-refractivity contribution in [3.63, 3.8) is 0 Å². The first-order chi connectivity index (χ1) is 9.34. The molecular formula is C16H30N2O2. The van der Waals surface area contributed by atoms with E-state index in [1.807, 2.05) is 4.90 Å². The zero-order chi connectivity index (χ0) is 14.8. The Bertz CT molecular complexity index is 341. The van der Waals surface area contributed by atoms with Gasteiger partial charge in [0.05, 0.1) is 5.60 Å². The predicted molar refractivity (Wildman–Crippen MR) is 80.7 cm³/mol. The first kappa shape index (κ1) is 15.8. The number of ether oxygens (including phenoxy) is 1. The molecule has 1 amide bonds. The average molecular weight is 282 g/mol. The molecule has 116 valence electrons. The molecule has 4 nitrogen and oxygen atoms in total. The van der Waals surface area contributed by atoms with Gasteiger partial charge >= 0.3 is 0 Å². The topological polar surface area (TPSA) is 32.8 Å². The minimum Gasteiger partial charge on any atom is -0.363 e. The largest absolute Gasteiger partial charge is 0.363 e. The highest BCUT2D eigenvalue weighted by atomic mass is 16.5. The van der Waals surface area contributed by atoms with Gasteiger partial charge in [0.25, 0.3) is 0 Å². The second-order valence-corrected chi connectivity index (χ2v) is 7.53. The molecule has 2 heterocycles. The Labute approximate surface area is 123 Å². The van der Waals surface area contributed by atoms with Crippen molar-refractivity contribution in [2.45, 2.75) is 52.6 Å². The SMILES string of the molecule is CCN1CC2(CCN(CCC(C)(C)C)CC2)OCC1=O. The quantitative estimate of drug-likeness (QED) is 0.795. The van der Waals surface area contributed by atoms with E-state index in [9.17, 15) is 4.79 Å². The molecule has 2 aliphatic heterocycles. The Kier molecular flexibility index (Phi) is 4.75. The van der Waals surface area contributed by atoms with Crippen LogP contribution in [0.2, 0.25) is 0 Å². The van der Waals surface area contributed by atoms with Crippen molar-refractivity contribution in [2.24, 2.45) is 5.41 Å². The second-order valence-electron chi connectivity index (χ2n) is 7.53. The highest BCUT2D eigenvalue weighted by Crippen LogP contribution is 2.31.